The number of nitrogens with zero attached hydrogens (tertiary/aromatic N) is 1. The number of carbonyl (C=O) groups excluding carboxylic acids is 1. The second-order valence-corrected chi connectivity index (χ2v) is 2.26. The van der Waals surface area contributed by atoms with E-state index in [9.17, 15) is 4.79 Å². The van der Waals surface area contributed by atoms with Crippen molar-refractivity contribution in [3.63, 3.8) is 0 Å². The van der Waals surface area contributed by atoms with Gasteiger partial charge in [-0.25, -0.2) is 4.79 Å². The molecule has 0 saturated heterocycles. The Hall–Kier alpha value is -1.58. The molecule has 0 aliphatic heterocycles. The van der Waals surface area contributed by atoms with Crippen molar-refractivity contribution in [2.45, 2.75) is 6.92 Å². The SMILES string of the molecule is C=COC(=O)C(/C=C(/C)NC)=NC. The molecule has 0 aliphatic carbocycles. The Morgan fingerprint density at radius 2 is 2.23 bits per heavy atom. The fourth-order valence-corrected chi connectivity index (χ4v) is 0.628. The lowest BCUT2D eigenvalue weighted by Gasteiger charge is -2.00. The van der Waals surface area contributed by atoms with Crippen molar-refractivity contribution in [2.24, 2.45) is 4.99 Å². The topological polar surface area (TPSA) is 50.7 Å². The number of allylic oxidation sites excluding steroid dienone is 1. The third-order valence-electron chi connectivity index (χ3n) is 1.39. The van der Waals surface area contributed by atoms with Gasteiger partial charge in [0.05, 0.1) is 6.26 Å². The fourth-order valence-electron chi connectivity index (χ4n) is 0.628. The van der Waals surface area contributed by atoms with Gasteiger partial charge in [-0.1, -0.05) is 6.58 Å². The van der Waals surface area contributed by atoms with E-state index in [4.69, 9.17) is 0 Å². The Morgan fingerprint density at radius 3 is 2.62 bits per heavy atom. The summed E-state index contributed by atoms with van der Waals surface area (Å²) in [4.78, 5) is 14.9. The van der Waals surface area contributed by atoms with Gasteiger partial charge in [0.2, 0.25) is 0 Å². The van der Waals surface area contributed by atoms with Crippen molar-refractivity contribution >= 4 is 11.7 Å². The van der Waals surface area contributed by atoms with E-state index in [1.165, 1.54) is 7.05 Å². The van der Waals surface area contributed by atoms with Crippen LogP contribution in [-0.4, -0.2) is 25.8 Å². The average Bonchev–Trinajstić information content (AvgIpc) is 2.14. The number of carbonyl (C=O) groups is 1. The van der Waals surface area contributed by atoms with Gasteiger partial charge in [0, 0.05) is 19.8 Å². The molecular weight excluding hydrogens is 168 g/mol. The number of rotatable bonds is 4. The highest BCUT2D eigenvalue weighted by Crippen LogP contribution is 1.92. The first-order chi connectivity index (χ1) is 6.15. The fraction of sp³-hybridized carbons (Fsp3) is 0.333. The molecule has 0 aromatic rings. The molecule has 0 radical (unpaired) electrons. The summed E-state index contributed by atoms with van der Waals surface area (Å²) in [6.45, 7) is 5.11. The van der Waals surface area contributed by atoms with E-state index < -0.39 is 5.97 Å². The average molecular weight is 182 g/mol. The maximum absolute atomic E-state index is 11.1. The Bertz CT molecular complexity index is 254. The maximum atomic E-state index is 11.1. The smallest absolute Gasteiger partial charge is 0.361 e. The van der Waals surface area contributed by atoms with Gasteiger partial charge in [-0.05, 0) is 13.0 Å². The number of hydrogen-bond donors (Lipinski definition) is 1. The summed E-state index contributed by atoms with van der Waals surface area (Å²) in [5.41, 5.74) is 1.09. The molecule has 0 unspecified atom stereocenters. The second-order valence-electron chi connectivity index (χ2n) is 2.26. The molecule has 0 heterocycles. The molecule has 4 heteroatoms. The number of aliphatic imine (C=N–C) groups is 1. The molecule has 13 heavy (non-hydrogen) atoms. The Labute approximate surface area is 78.0 Å². The lowest BCUT2D eigenvalue weighted by atomic mass is 10.3. The second kappa shape index (κ2) is 5.99. The third-order valence-corrected chi connectivity index (χ3v) is 1.39. The molecule has 1 N–H and O–H groups in total. The van der Waals surface area contributed by atoms with E-state index in [1.54, 1.807) is 13.1 Å². The lowest BCUT2D eigenvalue weighted by molar-refractivity contribution is -0.130. The zero-order valence-corrected chi connectivity index (χ0v) is 8.13. The highest BCUT2D eigenvalue weighted by molar-refractivity contribution is 6.41. The molecule has 0 saturated carbocycles. The summed E-state index contributed by atoms with van der Waals surface area (Å²) in [5, 5.41) is 2.87. The van der Waals surface area contributed by atoms with Crippen LogP contribution >= 0.6 is 0 Å². The summed E-state index contributed by atoms with van der Waals surface area (Å²) < 4.78 is 4.56. The number of ether oxygens (including phenoxy) is 1. The van der Waals surface area contributed by atoms with Crippen LogP contribution in [0.2, 0.25) is 0 Å². The highest BCUT2D eigenvalue weighted by Gasteiger charge is 2.07. The van der Waals surface area contributed by atoms with E-state index in [0.29, 0.717) is 0 Å². The van der Waals surface area contributed by atoms with E-state index >= 15 is 0 Å². The minimum Gasteiger partial charge on any atom is -0.430 e. The molecule has 0 bridgehead atoms. The lowest BCUT2D eigenvalue weighted by Crippen LogP contribution is -2.15. The van der Waals surface area contributed by atoms with Crippen LogP contribution in [0.5, 0.6) is 0 Å². The number of hydrogen-bond acceptors (Lipinski definition) is 4. The van der Waals surface area contributed by atoms with Crippen LogP contribution in [0.3, 0.4) is 0 Å². The molecule has 4 nitrogen and oxygen atoms in total. The predicted octanol–water partition coefficient (Wildman–Crippen LogP) is 0.867. The van der Waals surface area contributed by atoms with Crippen LogP contribution in [-0.2, 0) is 9.53 Å². The zero-order chi connectivity index (χ0) is 10.3. The van der Waals surface area contributed by atoms with Crippen LogP contribution in [0.15, 0.2) is 29.6 Å². The normalized spacial score (nSPS) is 12.2. The van der Waals surface area contributed by atoms with Crippen LogP contribution in [0.4, 0.5) is 0 Å². The molecule has 0 fully saturated rings. The van der Waals surface area contributed by atoms with Crippen molar-refractivity contribution < 1.29 is 9.53 Å². The molecule has 0 amide bonds. The van der Waals surface area contributed by atoms with Gasteiger partial charge in [-0.2, -0.15) is 0 Å². The molecule has 0 rings (SSSR count). The molecular formula is C9H14N2O2. The molecule has 0 aromatic carbocycles. The number of esters is 1. The summed E-state index contributed by atoms with van der Waals surface area (Å²) >= 11 is 0. The van der Waals surface area contributed by atoms with E-state index in [-0.39, 0.29) is 5.71 Å². The molecule has 0 aliphatic rings. The molecule has 0 aromatic heterocycles. The van der Waals surface area contributed by atoms with E-state index in [2.05, 4.69) is 21.6 Å². The Balaban J connectivity index is 4.54. The minimum absolute atomic E-state index is 0.256. The molecule has 0 spiro atoms. The Kier molecular flexibility index (Phi) is 5.27. The summed E-state index contributed by atoms with van der Waals surface area (Å²) in [5.74, 6) is -0.507. The van der Waals surface area contributed by atoms with E-state index in [1.807, 2.05) is 6.92 Å². The summed E-state index contributed by atoms with van der Waals surface area (Å²) in [6.07, 6.45) is 2.68. The van der Waals surface area contributed by atoms with Crippen LogP contribution in [0.25, 0.3) is 0 Å². The van der Waals surface area contributed by atoms with Gasteiger partial charge < -0.3 is 10.1 Å². The first-order valence-electron chi connectivity index (χ1n) is 3.80. The number of nitrogens with one attached hydrogen (secondary N) is 1. The third kappa shape index (κ3) is 4.10. The molecule has 0 atom stereocenters. The van der Waals surface area contributed by atoms with Gasteiger partial charge in [0.1, 0.15) is 5.71 Å². The standard InChI is InChI=1S/C9H14N2O2/c1-5-13-9(12)8(11-4)6-7(2)10-3/h5-6,10H,1H2,2-4H3/b7-6-,11-8?. The van der Waals surface area contributed by atoms with Crippen LogP contribution < -0.4 is 5.32 Å². The van der Waals surface area contributed by atoms with Gasteiger partial charge in [0.15, 0.2) is 0 Å². The largest absolute Gasteiger partial charge is 0.430 e. The van der Waals surface area contributed by atoms with Crippen molar-refractivity contribution in [3.8, 4) is 0 Å². The zero-order valence-electron chi connectivity index (χ0n) is 8.13. The molecule has 72 valence electrons. The van der Waals surface area contributed by atoms with Gasteiger partial charge >= 0.3 is 5.97 Å². The monoisotopic (exact) mass is 182 g/mol. The summed E-state index contributed by atoms with van der Waals surface area (Å²) in [6, 6.07) is 0. The van der Waals surface area contributed by atoms with Gasteiger partial charge in [0.25, 0.3) is 0 Å². The van der Waals surface area contributed by atoms with Crippen LogP contribution in [0.1, 0.15) is 6.92 Å². The van der Waals surface area contributed by atoms with Crippen molar-refractivity contribution in [3.05, 3.63) is 24.6 Å². The quantitative estimate of drug-likeness (QED) is 0.398. The van der Waals surface area contributed by atoms with Crippen molar-refractivity contribution in [1.29, 1.82) is 0 Å². The maximum Gasteiger partial charge on any atom is 0.361 e. The Morgan fingerprint density at radius 1 is 1.62 bits per heavy atom. The minimum atomic E-state index is -0.507. The first kappa shape index (κ1) is 11.4. The van der Waals surface area contributed by atoms with Gasteiger partial charge in [-0.3, -0.25) is 4.99 Å². The van der Waals surface area contributed by atoms with Crippen molar-refractivity contribution in [2.75, 3.05) is 14.1 Å². The van der Waals surface area contributed by atoms with Crippen LogP contribution in [0, 0.1) is 0 Å². The van der Waals surface area contributed by atoms with Crippen molar-refractivity contribution in [1.82, 2.24) is 5.32 Å². The highest BCUT2D eigenvalue weighted by atomic mass is 16.5. The predicted molar refractivity (Wildman–Crippen MR) is 52.5 cm³/mol. The van der Waals surface area contributed by atoms with Gasteiger partial charge in [-0.15, -0.1) is 0 Å². The van der Waals surface area contributed by atoms with E-state index in [0.717, 1.165) is 12.0 Å². The summed E-state index contributed by atoms with van der Waals surface area (Å²) in [7, 11) is 3.29. The first-order valence-corrected chi connectivity index (χ1v) is 3.80.